The van der Waals surface area contributed by atoms with E-state index in [1.165, 1.54) is 0 Å². The summed E-state index contributed by atoms with van der Waals surface area (Å²) < 4.78 is 10.3. The third kappa shape index (κ3) is 10.6. The summed E-state index contributed by atoms with van der Waals surface area (Å²) in [5.41, 5.74) is 0. The van der Waals surface area contributed by atoms with E-state index in [1.54, 1.807) is 0 Å². The summed E-state index contributed by atoms with van der Waals surface area (Å²) in [5, 5.41) is 0. The van der Waals surface area contributed by atoms with Gasteiger partial charge >= 0.3 is 11.9 Å². The molecule has 0 amide bonds. The number of esters is 2. The summed E-state index contributed by atoms with van der Waals surface area (Å²) in [4.78, 5) is 22.9. The summed E-state index contributed by atoms with van der Waals surface area (Å²) in [7, 11) is 0. The minimum absolute atomic E-state index is 0.0480. The van der Waals surface area contributed by atoms with Crippen LogP contribution in [0.25, 0.3) is 0 Å². The summed E-state index contributed by atoms with van der Waals surface area (Å²) in [6.07, 6.45) is 8.89. The highest BCUT2D eigenvalue weighted by Crippen LogP contribution is 2.11. The number of rotatable bonds is 11. The van der Waals surface area contributed by atoms with Gasteiger partial charge in [-0.05, 0) is 19.3 Å². The predicted molar refractivity (Wildman–Crippen MR) is 79.3 cm³/mol. The molecule has 1 unspecified atom stereocenters. The minimum atomic E-state index is -0.490. The fourth-order valence-corrected chi connectivity index (χ4v) is 1.72. The molecule has 1 atom stereocenters. The van der Waals surface area contributed by atoms with Gasteiger partial charge in [-0.15, -0.1) is 0 Å². The van der Waals surface area contributed by atoms with Crippen LogP contribution in [0.1, 0.15) is 65.7 Å². The first-order valence-corrected chi connectivity index (χ1v) is 7.69. The van der Waals surface area contributed by atoms with Gasteiger partial charge in [0.1, 0.15) is 6.10 Å². The second-order valence-corrected chi connectivity index (χ2v) is 4.84. The van der Waals surface area contributed by atoms with Crippen LogP contribution in [0.3, 0.4) is 0 Å². The van der Waals surface area contributed by atoms with Crippen molar-refractivity contribution in [3.63, 3.8) is 0 Å². The number of carbonyl (C=O) groups is 2. The van der Waals surface area contributed by atoms with Crippen molar-refractivity contribution in [1.82, 2.24) is 0 Å². The molecule has 4 nitrogen and oxygen atoms in total. The smallest absolute Gasteiger partial charge is 0.331 e. The van der Waals surface area contributed by atoms with E-state index in [9.17, 15) is 9.59 Å². The molecule has 0 aliphatic heterocycles. The third-order valence-corrected chi connectivity index (χ3v) is 2.87. The Balaban J connectivity index is 4.06. The molecule has 0 aromatic carbocycles. The quantitative estimate of drug-likeness (QED) is 0.329. The first kappa shape index (κ1) is 18.7. The van der Waals surface area contributed by atoms with Gasteiger partial charge in [0, 0.05) is 12.2 Å². The van der Waals surface area contributed by atoms with E-state index in [-0.39, 0.29) is 6.10 Å². The molecule has 0 aliphatic rings. The molecule has 0 saturated carbocycles. The lowest BCUT2D eigenvalue weighted by Crippen LogP contribution is -2.17. The fraction of sp³-hybridized carbons (Fsp3) is 0.750. The highest BCUT2D eigenvalue weighted by Gasteiger charge is 2.11. The van der Waals surface area contributed by atoms with Crippen molar-refractivity contribution in [2.24, 2.45) is 0 Å². The van der Waals surface area contributed by atoms with Gasteiger partial charge < -0.3 is 9.47 Å². The Bertz CT molecular complexity index is 297. The molecule has 0 saturated heterocycles. The van der Waals surface area contributed by atoms with E-state index in [1.807, 2.05) is 6.92 Å². The fourth-order valence-electron chi connectivity index (χ4n) is 1.72. The largest absolute Gasteiger partial charge is 0.463 e. The zero-order valence-corrected chi connectivity index (χ0v) is 13.0. The van der Waals surface area contributed by atoms with Crippen LogP contribution in [-0.2, 0) is 19.1 Å². The molecule has 0 heterocycles. The monoisotopic (exact) mass is 284 g/mol. The summed E-state index contributed by atoms with van der Waals surface area (Å²) in [6, 6.07) is 0. The molecule has 0 spiro atoms. The summed E-state index contributed by atoms with van der Waals surface area (Å²) in [5.74, 6) is -0.956. The molecule has 0 rings (SSSR count). The van der Waals surface area contributed by atoms with Crippen LogP contribution in [0.15, 0.2) is 12.2 Å². The topological polar surface area (TPSA) is 52.6 Å². The normalized spacial score (nSPS) is 12.3. The molecule has 0 fully saturated rings. The van der Waals surface area contributed by atoms with Crippen molar-refractivity contribution >= 4 is 11.9 Å². The lowest BCUT2D eigenvalue weighted by atomic mass is 10.1. The maximum atomic E-state index is 11.6. The number of hydrogen-bond acceptors (Lipinski definition) is 4. The molecule has 0 aliphatic carbocycles. The van der Waals surface area contributed by atoms with Crippen LogP contribution in [0, 0.1) is 0 Å². The Hall–Kier alpha value is -1.32. The van der Waals surface area contributed by atoms with Crippen molar-refractivity contribution in [2.45, 2.75) is 71.8 Å². The van der Waals surface area contributed by atoms with E-state index < -0.39 is 11.9 Å². The molecule has 0 N–H and O–H groups in total. The summed E-state index contributed by atoms with van der Waals surface area (Å²) in [6.45, 7) is 6.58. The number of carbonyl (C=O) groups excluding carboxylic acids is 2. The van der Waals surface area contributed by atoms with Crippen LogP contribution in [0.5, 0.6) is 0 Å². The molecule has 0 aromatic heterocycles. The average molecular weight is 284 g/mol. The van der Waals surface area contributed by atoms with Crippen molar-refractivity contribution in [2.75, 3.05) is 6.61 Å². The van der Waals surface area contributed by atoms with Crippen molar-refractivity contribution < 1.29 is 19.1 Å². The minimum Gasteiger partial charge on any atom is -0.463 e. The molecule has 116 valence electrons. The molecule has 4 heteroatoms. The van der Waals surface area contributed by atoms with Gasteiger partial charge in [0.05, 0.1) is 6.61 Å². The molecule has 0 radical (unpaired) electrons. The third-order valence-electron chi connectivity index (χ3n) is 2.87. The van der Waals surface area contributed by atoms with E-state index in [2.05, 4.69) is 13.8 Å². The van der Waals surface area contributed by atoms with Crippen molar-refractivity contribution in [3.8, 4) is 0 Å². The second-order valence-electron chi connectivity index (χ2n) is 4.84. The van der Waals surface area contributed by atoms with Gasteiger partial charge in [-0.25, -0.2) is 9.59 Å². The van der Waals surface area contributed by atoms with Crippen LogP contribution in [0.4, 0.5) is 0 Å². The second kappa shape index (κ2) is 12.7. The maximum absolute atomic E-state index is 11.6. The Morgan fingerprint density at radius 3 is 2.15 bits per heavy atom. The van der Waals surface area contributed by atoms with Crippen LogP contribution >= 0.6 is 0 Å². The van der Waals surface area contributed by atoms with Crippen LogP contribution in [0.2, 0.25) is 0 Å². The van der Waals surface area contributed by atoms with Gasteiger partial charge in [-0.1, -0.05) is 46.5 Å². The van der Waals surface area contributed by atoms with E-state index >= 15 is 0 Å². The Labute approximate surface area is 122 Å². The van der Waals surface area contributed by atoms with Crippen molar-refractivity contribution in [1.29, 1.82) is 0 Å². The zero-order chi connectivity index (χ0) is 15.2. The van der Waals surface area contributed by atoms with Gasteiger partial charge in [-0.3, -0.25) is 0 Å². The SMILES string of the molecule is CCCCOC(=O)/C=C\C(=O)OC(CCC)CCCC. The Morgan fingerprint density at radius 2 is 1.55 bits per heavy atom. The first-order chi connectivity index (χ1) is 9.63. The number of hydrogen-bond donors (Lipinski definition) is 0. The number of unbranched alkanes of at least 4 members (excludes halogenated alkanes) is 2. The Morgan fingerprint density at radius 1 is 0.900 bits per heavy atom. The number of ether oxygens (including phenoxy) is 2. The van der Waals surface area contributed by atoms with Gasteiger partial charge in [0.15, 0.2) is 0 Å². The van der Waals surface area contributed by atoms with Crippen LogP contribution < -0.4 is 0 Å². The van der Waals surface area contributed by atoms with Crippen molar-refractivity contribution in [3.05, 3.63) is 12.2 Å². The Kier molecular flexibility index (Phi) is 11.9. The van der Waals surface area contributed by atoms with Gasteiger partial charge in [0.25, 0.3) is 0 Å². The van der Waals surface area contributed by atoms with E-state index in [0.717, 1.165) is 57.1 Å². The molecular formula is C16H28O4. The highest BCUT2D eigenvalue weighted by molar-refractivity contribution is 5.91. The van der Waals surface area contributed by atoms with Gasteiger partial charge in [-0.2, -0.15) is 0 Å². The van der Waals surface area contributed by atoms with E-state index in [0.29, 0.717) is 6.61 Å². The van der Waals surface area contributed by atoms with Gasteiger partial charge in [0.2, 0.25) is 0 Å². The molecular weight excluding hydrogens is 256 g/mol. The summed E-state index contributed by atoms with van der Waals surface area (Å²) >= 11 is 0. The average Bonchev–Trinajstić information content (AvgIpc) is 2.43. The van der Waals surface area contributed by atoms with E-state index in [4.69, 9.17) is 9.47 Å². The molecule has 20 heavy (non-hydrogen) atoms. The lowest BCUT2D eigenvalue weighted by Gasteiger charge is -2.15. The molecule has 0 bridgehead atoms. The zero-order valence-electron chi connectivity index (χ0n) is 13.0. The standard InChI is InChI=1S/C16H28O4/c1-4-7-10-14(9-6-3)20-16(18)12-11-15(17)19-13-8-5-2/h11-12,14H,4-10,13H2,1-3H3/b12-11-. The predicted octanol–water partition coefficient (Wildman–Crippen LogP) is 3.79. The first-order valence-electron chi connectivity index (χ1n) is 7.69. The lowest BCUT2D eigenvalue weighted by molar-refractivity contribution is -0.144. The maximum Gasteiger partial charge on any atom is 0.331 e. The molecule has 0 aromatic rings. The van der Waals surface area contributed by atoms with Crippen LogP contribution in [-0.4, -0.2) is 24.6 Å². The highest BCUT2D eigenvalue weighted by atomic mass is 16.5.